The van der Waals surface area contributed by atoms with E-state index in [1.54, 1.807) is 18.2 Å². The van der Waals surface area contributed by atoms with Gasteiger partial charge < -0.3 is 0 Å². The van der Waals surface area contributed by atoms with E-state index >= 15 is 0 Å². The van der Waals surface area contributed by atoms with Crippen LogP contribution in [-0.4, -0.2) is 17.3 Å². The molecule has 0 radical (unpaired) electrons. The number of rotatable bonds is 11. The van der Waals surface area contributed by atoms with Crippen molar-refractivity contribution < 1.29 is 22.0 Å². The lowest BCUT2D eigenvalue weighted by molar-refractivity contribution is -0.127. The van der Waals surface area contributed by atoms with Crippen LogP contribution in [0, 0.1) is 11.7 Å². The number of hydrogen-bond acceptors (Lipinski definition) is 1. The van der Waals surface area contributed by atoms with Crippen LogP contribution in [-0.2, 0) is 6.42 Å². The summed E-state index contributed by atoms with van der Waals surface area (Å²) in [6.45, 7) is 5.58. The lowest BCUT2D eigenvalue weighted by Crippen LogP contribution is -2.29. The van der Waals surface area contributed by atoms with Crippen molar-refractivity contribution in [3.63, 3.8) is 0 Å². The Hall–Kier alpha value is -2.47. The molecule has 0 N–H and O–H groups in total. The molecule has 0 fully saturated rings. The summed E-state index contributed by atoms with van der Waals surface area (Å²) in [5, 5.41) is 0.422. The monoisotopic (exact) mass is 469 g/mol. The molecule has 0 aliphatic heterocycles. The fraction of sp³-hybridized carbons (Fsp3) is 0.320. The summed E-state index contributed by atoms with van der Waals surface area (Å²) in [5.41, 5.74) is 0.784. The van der Waals surface area contributed by atoms with Crippen LogP contribution in [0.25, 0.3) is 0 Å². The van der Waals surface area contributed by atoms with Crippen LogP contribution in [0.3, 0.4) is 0 Å². The number of halogens is 6. The van der Waals surface area contributed by atoms with E-state index in [4.69, 9.17) is 11.6 Å². The largest absolute Gasteiger partial charge is 0.311 e. The van der Waals surface area contributed by atoms with Gasteiger partial charge in [-0.2, -0.15) is 8.78 Å². The van der Waals surface area contributed by atoms with Crippen LogP contribution in [0.15, 0.2) is 73.5 Å². The van der Waals surface area contributed by atoms with Crippen LogP contribution in [0.1, 0.15) is 42.5 Å². The molecule has 0 amide bonds. The Morgan fingerprint density at radius 2 is 1.91 bits per heavy atom. The van der Waals surface area contributed by atoms with Crippen molar-refractivity contribution in [1.29, 1.82) is 0 Å². The molecule has 0 saturated heterocycles. The molecule has 32 heavy (non-hydrogen) atoms. The smallest absolute Gasteiger partial charge is 0.259 e. The topological polar surface area (TPSA) is 12.9 Å². The average Bonchev–Trinajstić information content (AvgIpc) is 2.71. The molecule has 1 unspecified atom stereocenters. The molecule has 1 heterocycles. The Morgan fingerprint density at radius 3 is 2.53 bits per heavy atom. The van der Waals surface area contributed by atoms with Gasteiger partial charge in [0.05, 0.1) is 5.02 Å². The molecule has 0 spiro atoms. The third-order valence-corrected chi connectivity index (χ3v) is 5.09. The Labute approximate surface area is 190 Å². The Morgan fingerprint density at radius 1 is 1.16 bits per heavy atom. The summed E-state index contributed by atoms with van der Waals surface area (Å²) in [5.74, 6) is -5.40. The lowest BCUT2D eigenvalue weighted by Gasteiger charge is -2.22. The van der Waals surface area contributed by atoms with Crippen molar-refractivity contribution in [2.45, 2.75) is 44.5 Å². The minimum Gasteiger partial charge on any atom is -0.259 e. The second-order valence-corrected chi connectivity index (χ2v) is 8.06. The molecular formula is C25H25ClF5N. The minimum atomic E-state index is -4.24. The SMILES string of the molecule is C=C/C=C\C/C=C\C(C)C[C@H](c1cc(F)cc(CC(F)(F)C(F)F)c1)c1ccc(Cl)cn1. The predicted molar refractivity (Wildman–Crippen MR) is 119 cm³/mol. The van der Waals surface area contributed by atoms with E-state index in [1.807, 2.05) is 31.2 Å². The normalized spacial score (nSPS) is 14.4. The minimum absolute atomic E-state index is 0.0452. The van der Waals surface area contributed by atoms with Gasteiger partial charge in [-0.15, -0.1) is 0 Å². The van der Waals surface area contributed by atoms with Gasteiger partial charge in [-0.1, -0.05) is 61.6 Å². The molecule has 2 aromatic rings. The second-order valence-electron chi connectivity index (χ2n) is 7.63. The van der Waals surface area contributed by atoms with Gasteiger partial charge in [-0.3, -0.25) is 4.98 Å². The first-order valence-electron chi connectivity index (χ1n) is 10.1. The summed E-state index contributed by atoms with van der Waals surface area (Å²) < 4.78 is 66.8. The molecule has 0 saturated carbocycles. The van der Waals surface area contributed by atoms with Gasteiger partial charge in [0.1, 0.15) is 5.82 Å². The Bertz CT molecular complexity index is 938. The van der Waals surface area contributed by atoms with Gasteiger partial charge in [-0.05, 0) is 54.2 Å². The summed E-state index contributed by atoms with van der Waals surface area (Å²) in [4.78, 5) is 4.32. The molecule has 7 heteroatoms. The van der Waals surface area contributed by atoms with Crippen molar-refractivity contribution in [2.24, 2.45) is 5.92 Å². The second kappa shape index (κ2) is 12.0. The highest BCUT2D eigenvalue weighted by Crippen LogP contribution is 2.34. The fourth-order valence-corrected chi connectivity index (χ4v) is 3.48. The van der Waals surface area contributed by atoms with Crippen molar-refractivity contribution in [1.82, 2.24) is 4.98 Å². The number of allylic oxidation sites excluding steroid dienone is 5. The highest BCUT2D eigenvalue weighted by atomic mass is 35.5. The number of aromatic nitrogens is 1. The molecule has 1 aromatic heterocycles. The van der Waals surface area contributed by atoms with E-state index in [0.717, 1.165) is 6.07 Å². The maximum Gasteiger partial charge on any atom is 0.311 e. The molecule has 0 aliphatic rings. The number of hydrogen-bond donors (Lipinski definition) is 0. The Balaban J connectivity index is 2.36. The van der Waals surface area contributed by atoms with Crippen LogP contribution >= 0.6 is 11.6 Å². The highest BCUT2D eigenvalue weighted by molar-refractivity contribution is 6.30. The first-order chi connectivity index (χ1) is 15.1. The van der Waals surface area contributed by atoms with E-state index in [0.29, 0.717) is 29.1 Å². The summed E-state index contributed by atoms with van der Waals surface area (Å²) in [6, 6.07) is 6.77. The molecule has 1 nitrogen and oxygen atoms in total. The van der Waals surface area contributed by atoms with E-state index in [1.165, 1.54) is 18.3 Å². The van der Waals surface area contributed by atoms with E-state index in [-0.39, 0.29) is 11.5 Å². The summed E-state index contributed by atoms with van der Waals surface area (Å²) >= 11 is 5.93. The quantitative estimate of drug-likeness (QED) is 0.184. The van der Waals surface area contributed by atoms with Gasteiger partial charge in [0.25, 0.3) is 0 Å². The molecular weight excluding hydrogens is 445 g/mol. The first-order valence-corrected chi connectivity index (χ1v) is 10.5. The van der Waals surface area contributed by atoms with Crippen LogP contribution in [0.4, 0.5) is 22.0 Å². The molecule has 0 bridgehead atoms. The highest BCUT2D eigenvalue weighted by Gasteiger charge is 2.40. The summed E-state index contributed by atoms with van der Waals surface area (Å²) in [7, 11) is 0. The standard InChI is InChI=1S/C25H25ClF5N/c1-3-4-5-6-7-8-17(2)11-22(23-10-9-20(26)16-32-23)19-12-18(13-21(27)14-19)15-25(30,31)24(28)29/h3-5,7-10,12-14,16-17,22,24H,1,6,11,15H2,2H3/b5-4-,8-7-/t17?,22-/m1/s1. The average molecular weight is 470 g/mol. The van der Waals surface area contributed by atoms with Crippen molar-refractivity contribution in [2.75, 3.05) is 0 Å². The predicted octanol–water partition coefficient (Wildman–Crippen LogP) is 8.16. The Kier molecular flexibility index (Phi) is 9.63. The number of alkyl halides is 4. The lowest BCUT2D eigenvalue weighted by atomic mass is 9.85. The molecule has 0 aliphatic carbocycles. The van der Waals surface area contributed by atoms with Crippen molar-refractivity contribution in [3.8, 4) is 0 Å². The number of benzene rings is 1. The zero-order valence-corrected chi connectivity index (χ0v) is 18.4. The van der Waals surface area contributed by atoms with Crippen LogP contribution < -0.4 is 0 Å². The van der Waals surface area contributed by atoms with Gasteiger partial charge in [0, 0.05) is 24.2 Å². The number of pyridine rings is 1. The van der Waals surface area contributed by atoms with E-state index < -0.39 is 30.5 Å². The molecule has 172 valence electrons. The maximum atomic E-state index is 14.3. The van der Waals surface area contributed by atoms with E-state index in [9.17, 15) is 22.0 Å². The third kappa shape index (κ3) is 7.90. The maximum absolute atomic E-state index is 14.3. The summed E-state index contributed by atoms with van der Waals surface area (Å²) in [6.07, 6.45) is 7.03. The fourth-order valence-electron chi connectivity index (χ4n) is 3.36. The van der Waals surface area contributed by atoms with Gasteiger partial charge in [-0.25, -0.2) is 13.2 Å². The zero-order chi connectivity index (χ0) is 23.7. The number of nitrogens with zero attached hydrogens (tertiary/aromatic N) is 1. The molecule has 1 aromatic carbocycles. The van der Waals surface area contributed by atoms with Crippen LogP contribution in [0.5, 0.6) is 0 Å². The van der Waals surface area contributed by atoms with Gasteiger partial charge in [0.15, 0.2) is 0 Å². The third-order valence-electron chi connectivity index (χ3n) is 4.87. The van der Waals surface area contributed by atoms with Crippen molar-refractivity contribution in [3.05, 3.63) is 101 Å². The zero-order valence-electron chi connectivity index (χ0n) is 17.6. The van der Waals surface area contributed by atoms with Crippen molar-refractivity contribution >= 4 is 11.6 Å². The van der Waals surface area contributed by atoms with E-state index in [2.05, 4.69) is 11.6 Å². The first kappa shape index (κ1) is 25.8. The molecule has 2 rings (SSSR count). The van der Waals surface area contributed by atoms with Crippen LogP contribution in [0.2, 0.25) is 5.02 Å². The van der Waals surface area contributed by atoms with Gasteiger partial charge >= 0.3 is 12.3 Å². The molecule has 2 atom stereocenters. The van der Waals surface area contributed by atoms with Gasteiger partial charge in [0.2, 0.25) is 0 Å².